The number of rotatable bonds is 6. The van der Waals surface area contributed by atoms with Crippen LogP contribution in [0, 0.1) is 0 Å². The van der Waals surface area contributed by atoms with Crippen molar-refractivity contribution in [3.8, 4) is 5.75 Å². The van der Waals surface area contributed by atoms with Crippen LogP contribution in [0.1, 0.15) is 11.1 Å². The van der Waals surface area contributed by atoms with Gasteiger partial charge in [0.25, 0.3) is 0 Å². The molecule has 1 aromatic carbocycles. The Bertz CT molecular complexity index is 624. The van der Waals surface area contributed by atoms with Gasteiger partial charge in [0.15, 0.2) is 0 Å². The van der Waals surface area contributed by atoms with Gasteiger partial charge in [0.1, 0.15) is 11.6 Å². The summed E-state index contributed by atoms with van der Waals surface area (Å²) in [5.74, 6) is 1.64. The maximum Gasteiger partial charge on any atom is 0.224 e. The van der Waals surface area contributed by atoms with E-state index in [9.17, 15) is 4.79 Å². The summed E-state index contributed by atoms with van der Waals surface area (Å²) in [6, 6.07) is 11.3. The molecule has 0 saturated heterocycles. The zero-order valence-corrected chi connectivity index (χ0v) is 13.2. The van der Waals surface area contributed by atoms with Crippen molar-refractivity contribution in [2.45, 2.75) is 13.0 Å². The van der Waals surface area contributed by atoms with Gasteiger partial charge < -0.3 is 15.0 Å². The van der Waals surface area contributed by atoms with Gasteiger partial charge in [-0.25, -0.2) is 4.98 Å². The summed E-state index contributed by atoms with van der Waals surface area (Å²) >= 11 is 0. The average Bonchev–Trinajstić information content (AvgIpc) is 2.54. The van der Waals surface area contributed by atoms with Crippen molar-refractivity contribution in [2.24, 2.45) is 0 Å². The summed E-state index contributed by atoms with van der Waals surface area (Å²) in [4.78, 5) is 18.3. The lowest BCUT2D eigenvalue weighted by atomic mass is 10.1. The molecule has 0 atom stereocenters. The highest BCUT2D eigenvalue weighted by Gasteiger charge is 2.08. The molecule has 5 heteroatoms. The average molecular weight is 299 g/mol. The molecular weight excluding hydrogens is 278 g/mol. The molecule has 5 nitrogen and oxygen atoms in total. The summed E-state index contributed by atoms with van der Waals surface area (Å²) < 4.78 is 5.10. The van der Waals surface area contributed by atoms with Crippen LogP contribution in [0.2, 0.25) is 0 Å². The minimum atomic E-state index is -0.0151. The van der Waals surface area contributed by atoms with Crippen LogP contribution >= 0.6 is 0 Å². The Kier molecular flexibility index (Phi) is 5.36. The minimum absolute atomic E-state index is 0.0151. The third-order valence-electron chi connectivity index (χ3n) is 3.29. The molecule has 0 aliphatic carbocycles. The highest BCUT2D eigenvalue weighted by Crippen LogP contribution is 2.14. The number of hydrogen-bond acceptors (Lipinski definition) is 4. The molecule has 1 aromatic heterocycles. The lowest BCUT2D eigenvalue weighted by molar-refractivity contribution is -0.120. The van der Waals surface area contributed by atoms with E-state index in [0.717, 1.165) is 22.7 Å². The van der Waals surface area contributed by atoms with Crippen LogP contribution in [0.5, 0.6) is 5.75 Å². The maximum atomic E-state index is 12.0. The van der Waals surface area contributed by atoms with Crippen molar-refractivity contribution in [3.05, 3.63) is 53.7 Å². The molecule has 1 N–H and O–H groups in total. The zero-order chi connectivity index (χ0) is 15.9. The third kappa shape index (κ3) is 4.22. The maximum absolute atomic E-state index is 12.0. The van der Waals surface area contributed by atoms with Crippen LogP contribution in [0.4, 0.5) is 5.82 Å². The summed E-state index contributed by atoms with van der Waals surface area (Å²) in [7, 11) is 5.49. The number of nitrogens with zero attached hydrogens (tertiary/aromatic N) is 2. The Morgan fingerprint density at radius 3 is 2.59 bits per heavy atom. The van der Waals surface area contributed by atoms with Gasteiger partial charge in [0.2, 0.25) is 5.91 Å². The van der Waals surface area contributed by atoms with Gasteiger partial charge in [0.05, 0.1) is 13.5 Å². The van der Waals surface area contributed by atoms with E-state index < -0.39 is 0 Å². The van der Waals surface area contributed by atoms with E-state index in [1.807, 2.05) is 55.4 Å². The predicted molar refractivity (Wildman–Crippen MR) is 87.1 cm³/mol. The Morgan fingerprint density at radius 1 is 1.23 bits per heavy atom. The number of benzene rings is 1. The minimum Gasteiger partial charge on any atom is -0.497 e. The van der Waals surface area contributed by atoms with Crippen LogP contribution in [-0.4, -0.2) is 32.1 Å². The van der Waals surface area contributed by atoms with Crippen molar-refractivity contribution in [1.29, 1.82) is 0 Å². The molecular formula is C17H21N3O2. The fourth-order valence-corrected chi connectivity index (χ4v) is 2.16. The standard InChI is InChI=1S/C17H21N3O2/c1-20(2)17-14(5-4-10-18-17)12-19-16(21)11-13-6-8-15(22-3)9-7-13/h4-10H,11-12H2,1-3H3,(H,19,21). The molecule has 0 aliphatic rings. The van der Waals surface area contributed by atoms with Crippen molar-refractivity contribution >= 4 is 11.7 Å². The van der Waals surface area contributed by atoms with Crippen molar-refractivity contribution in [2.75, 3.05) is 26.1 Å². The molecule has 1 heterocycles. The second-order valence-corrected chi connectivity index (χ2v) is 5.18. The highest BCUT2D eigenvalue weighted by molar-refractivity contribution is 5.78. The number of amides is 1. The SMILES string of the molecule is COc1ccc(CC(=O)NCc2cccnc2N(C)C)cc1. The van der Waals surface area contributed by atoms with E-state index in [2.05, 4.69) is 10.3 Å². The summed E-state index contributed by atoms with van der Waals surface area (Å²) in [5.41, 5.74) is 1.95. The third-order valence-corrected chi connectivity index (χ3v) is 3.29. The zero-order valence-electron chi connectivity index (χ0n) is 13.2. The van der Waals surface area contributed by atoms with Gasteiger partial charge in [-0.2, -0.15) is 0 Å². The Morgan fingerprint density at radius 2 is 1.95 bits per heavy atom. The molecule has 0 aliphatic heterocycles. The van der Waals surface area contributed by atoms with Crippen LogP contribution < -0.4 is 15.0 Å². The van der Waals surface area contributed by atoms with Gasteiger partial charge in [-0.15, -0.1) is 0 Å². The predicted octanol–water partition coefficient (Wildman–Crippen LogP) is 2.02. The molecule has 1 amide bonds. The topological polar surface area (TPSA) is 54.5 Å². The molecule has 0 saturated carbocycles. The number of anilines is 1. The molecule has 0 fully saturated rings. The van der Waals surface area contributed by atoms with Gasteiger partial charge in [0, 0.05) is 32.4 Å². The van der Waals surface area contributed by atoms with Crippen molar-refractivity contribution < 1.29 is 9.53 Å². The molecule has 0 radical (unpaired) electrons. The molecule has 2 rings (SSSR count). The summed E-state index contributed by atoms with van der Waals surface area (Å²) in [5, 5.41) is 2.93. The fraction of sp³-hybridized carbons (Fsp3) is 0.294. The quantitative estimate of drug-likeness (QED) is 0.886. The normalized spacial score (nSPS) is 10.1. The van der Waals surface area contributed by atoms with Gasteiger partial charge in [-0.05, 0) is 23.8 Å². The smallest absolute Gasteiger partial charge is 0.224 e. The van der Waals surface area contributed by atoms with E-state index in [0.29, 0.717) is 13.0 Å². The fourth-order valence-electron chi connectivity index (χ4n) is 2.16. The lowest BCUT2D eigenvalue weighted by Crippen LogP contribution is -2.26. The first-order valence-electron chi connectivity index (χ1n) is 7.11. The number of methoxy groups -OCH3 is 1. The Labute approximate surface area is 130 Å². The molecule has 0 bridgehead atoms. The molecule has 0 unspecified atom stereocenters. The van der Waals surface area contributed by atoms with E-state index in [1.165, 1.54) is 0 Å². The molecule has 116 valence electrons. The number of carbonyl (C=O) groups is 1. The first-order valence-corrected chi connectivity index (χ1v) is 7.11. The van der Waals surface area contributed by atoms with E-state index >= 15 is 0 Å². The number of pyridine rings is 1. The second-order valence-electron chi connectivity index (χ2n) is 5.18. The van der Waals surface area contributed by atoms with Crippen LogP contribution in [0.25, 0.3) is 0 Å². The van der Waals surface area contributed by atoms with Crippen LogP contribution in [-0.2, 0) is 17.8 Å². The van der Waals surface area contributed by atoms with E-state index in [4.69, 9.17) is 4.74 Å². The number of hydrogen-bond donors (Lipinski definition) is 1. The number of nitrogens with one attached hydrogen (secondary N) is 1. The van der Waals surface area contributed by atoms with Crippen LogP contribution in [0.15, 0.2) is 42.6 Å². The van der Waals surface area contributed by atoms with Gasteiger partial charge >= 0.3 is 0 Å². The van der Waals surface area contributed by atoms with E-state index in [1.54, 1.807) is 13.3 Å². The number of aromatic nitrogens is 1. The monoisotopic (exact) mass is 299 g/mol. The Balaban J connectivity index is 1.92. The largest absolute Gasteiger partial charge is 0.497 e. The summed E-state index contributed by atoms with van der Waals surface area (Å²) in [6.45, 7) is 0.469. The Hall–Kier alpha value is -2.56. The highest BCUT2D eigenvalue weighted by atomic mass is 16.5. The van der Waals surface area contributed by atoms with Gasteiger partial charge in [-0.3, -0.25) is 4.79 Å². The summed E-state index contributed by atoms with van der Waals surface area (Å²) in [6.07, 6.45) is 2.10. The molecule has 0 spiro atoms. The molecule has 22 heavy (non-hydrogen) atoms. The number of carbonyl (C=O) groups excluding carboxylic acids is 1. The molecule has 2 aromatic rings. The van der Waals surface area contributed by atoms with E-state index in [-0.39, 0.29) is 5.91 Å². The van der Waals surface area contributed by atoms with Crippen LogP contribution in [0.3, 0.4) is 0 Å². The second kappa shape index (κ2) is 7.45. The van der Waals surface area contributed by atoms with Gasteiger partial charge in [-0.1, -0.05) is 18.2 Å². The lowest BCUT2D eigenvalue weighted by Gasteiger charge is -2.16. The van der Waals surface area contributed by atoms with Crippen molar-refractivity contribution in [3.63, 3.8) is 0 Å². The first-order chi connectivity index (χ1) is 10.6. The first kappa shape index (κ1) is 15.8. The van der Waals surface area contributed by atoms with Crippen molar-refractivity contribution in [1.82, 2.24) is 10.3 Å². The number of ether oxygens (including phenoxy) is 1.